The number of unbranched alkanes of at least 4 members (excludes halogenated alkanes) is 2. The predicted molar refractivity (Wildman–Crippen MR) is 169 cm³/mol. The number of aliphatic imine (C=N–C) groups is 1. The molecule has 1 aliphatic rings. The van der Waals surface area contributed by atoms with E-state index < -0.39 is 46.9 Å². The highest BCUT2D eigenvalue weighted by atomic mass is 16.6. The van der Waals surface area contributed by atoms with Crippen molar-refractivity contribution in [1.82, 2.24) is 16.0 Å². The Hall–Kier alpha value is -3.63. The van der Waals surface area contributed by atoms with E-state index in [0.717, 1.165) is 32.1 Å². The van der Waals surface area contributed by atoms with Crippen molar-refractivity contribution in [2.24, 2.45) is 16.8 Å². The average molecular weight is 617 g/mol. The number of nitrogens with zero attached hydrogens (tertiary/aromatic N) is 1. The van der Waals surface area contributed by atoms with Gasteiger partial charge in [-0.15, -0.1) is 0 Å². The number of alkyl carbamates (subject to hydrolysis) is 2. The Bertz CT molecular complexity index is 1120. The van der Waals surface area contributed by atoms with Crippen molar-refractivity contribution in [3.63, 3.8) is 0 Å². The van der Waals surface area contributed by atoms with Crippen LogP contribution in [0.4, 0.5) is 9.59 Å². The lowest BCUT2D eigenvalue weighted by Crippen LogP contribution is -2.62. The molecule has 0 aliphatic heterocycles. The van der Waals surface area contributed by atoms with Crippen molar-refractivity contribution < 1.29 is 33.8 Å². The third-order valence-electron chi connectivity index (χ3n) is 7.30. The van der Waals surface area contributed by atoms with Gasteiger partial charge in [0.2, 0.25) is 11.9 Å². The molecule has 3 amide bonds. The standard InChI is InChI=1S/C33H52N4O7/c1-9-10-12-17-24(18-23-15-13-11-14-16-23)19-26(34-22(2)38)33(20-25(21-33)27(39)40)37-28(35-29(41)43-31(3,4)5)36-30(42)44-32(6,7)8/h11,13-16,24-26H,9-10,12,17-21H2,1-8H3,(H,34,38)(H,39,40)(H2,35,36,37,41,42). The van der Waals surface area contributed by atoms with E-state index in [0.29, 0.717) is 6.42 Å². The number of rotatable bonds is 12. The van der Waals surface area contributed by atoms with Crippen LogP contribution in [0, 0.1) is 11.8 Å². The topological polar surface area (TPSA) is 155 Å². The van der Waals surface area contributed by atoms with Crippen molar-refractivity contribution in [3.8, 4) is 0 Å². The lowest BCUT2D eigenvalue weighted by atomic mass is 9.62. The lowest BCUT2D eigenvalue weighted by molar-refractivity contribution is -0.147. The summed E-state index contributed by atoms with van der Waals surface area (Å²) in [7, 11) is 0. The van der Waals surface area contributed by atoms with Crippen LogP contribution in [0.25, 0.3) is 0 Å². The largest absolute Gasteiger partial charge is 0.481 e. The number of carboxylic acid groups (broad SMARTS) is 1. The van der Waals surface area contributed by atoms with Crippen LogP contribution in [0.1, 0.15) is 106 Å². The number of carboxylic acids is 1. The van der Waals surface area contributed by atoms with Gasteiger partial charge in [0.25, 0.3) is 0 Å². The predicted octanol–water partition coefficient (Wildman–Crippen LogP) is 5.96. The van der Waals surface area contributed by atoms with Crippen LogP contribution >= 0.6 is 0 Å². The fourth-order valence-corrected chi connectivity index (χ4v) is 5.46. The van der Waals surface area contributed by atoms with Gasteiger partial charge in [-0.1, -0.05) is 62.9 Å². The molecule has 0 saturated heterocycles. The fraction of sp³-hybridized carbons (Fsp3) is 0.667. The summed E-state index contributed by atoms with van der Waals surface area (Å²) in [5, 5.41) is 17.9. The molecule has 2 atom stereocenters. The Balaban J connectivity index is 2.54. The van der Waals surface area contributed by atoms with Gasteiger partial charge in [-0.2, -0.15) is 0 Å². The third kappa shape index (κ3) is 12.9. The van der Waals surface area contributed by atoms with Crippen molar-refractivity contribution in [2.75, 3.05) is 0 Å². The quantitative estimate of drug-likeness (QED) is 0.128. The SMILES string of the molecule is CCCCCC(Cc1ccccc1)CC(NC(C)=O)C1(N=C(NC(=O)OC(C)(C)C)NC(=O)OC(C)(C)C)CC(C(=O)O)C1. The maximum absolute atomic E-state index is 12.8. The number of guanidine groups is 1. The molecule has 44 heavy (non-hydrogen) atoms. The molecule has 1 fully saturated rings. The lowest BCUT2D eigenvalue weighted by Gasteiger charge is -2.49. The van der Waals surface area contributed by atoms with Gasteiger partial charge < -0.3 is 19.9 Å². The second-order valence-electron chi connectivity index (χ2n) is 13.8. The van der Waals surface area contributed by atoms with Crippen LogP contribution in [0.5, 0.6) is 0 Å². The second-order valence-corrected chi connectivity index (χ2v) is 13.8. The number of hydrogen-bond acceptors (Lipinski definition) is 7. The Labute approximate surface area is 261 Å². The number of nitrogens with one attached hydrogen (secondary N) is 3. The molecule has 0 heterocycles. The van der Waals surface area contributed by atoms with Crippen LogP contribution in [0.2, 0.25) is 0 Å². The molecule has 0 aromatic heterocycles. The van der Waals surface area contributed by atoms with Gasteiger partial charge >= 0.3 is 18.2 Å². The number of hydrogen-bond donors (Lipinski definition) is 4. The Kier molecular flexibility index (Phi) is 13.2. The molecule has 1 aromatic rings. The summed E-state index contributed by atoms with van der Waals surface area (Å²) in [6.07, 6.45) is 3.89. The molecule has 1 saturated carbocycles. The van der Waals surface area contributed by atoms with Crippen LogP contribution in [-0.4, -0.2) is 57.9 Å². The molecule has 2 unspecified atom stereocenters. The molecular weight excluding hydrogens is 564 g/mol. The van der Waals surface area contributed by atoms with Crippen LogP contribution in [0.15, 0.2) is 35.3 Å². The summed E-state index contributed by atoms with van der Waals surface area (Å²) in [6, 6.07) is 9.54. The molecule has 0 bridgehead atoms. The van der Waals surface area contributed by atoms with Crippen LogP contribution in [0.3, 0.4) is 0 Å². The van der Waals surface area contributed by atoms with Gasteiger partial charge in [-0.25, -0.2) is 14.6 Å². The van der Waals surface area contributed by atoms with E-state index >= 15 is 0 Å². The minimum atomic E-state index is -1.12. The van der Waals surface area contributed by atoms with E-state index in [1.165, 1.54) is 12.5 Å². The highest BCUT2D eigenvalue weighted by Gasteiger charge is 2.54. The average Bonchev–Trinajstić information content (AvgIpc) is 2.83. The molecule has 4 N–H and O–H groups in total. The Morgan fingerprint density at radius 2 is 1.50 bits per heavy atom. The Morgan fingerprint density at radius 1 is 0.955 bits per heavy atom. The van der Waals surface area contributed by atoms with Gasteiger partial charge in [-0.05, 0) is 78.7 Å². The maximum atomic E-state index is 12.8. The summed E-state index contributed by atoms with van der Waals surface area (Å²) >= 11 is 0. The summed E-state index contributed by atoms with van der Waals surface area (Å²) < 4.78 is 10.8. The first-order valence-electron chi connectivity index (χ1n) is 15.5. The van der Waals surface area contributed by atoms with E-state index in [9.17, 15) is 24.3 Å². The zero-order valence-corrected chi connectivity index (χ0v) is 27.6. The fourth-order valence-electron chi connectivity index (χ4n) is 5.46. The summed E-state index contributed by atoms with van der Waals surface area (Å²) in [5.41, 5.74) is -1.60. The molecule has 0 spiro atoms. The first-order chi connectivity index (χ1) is 20.4. The van der Waals surface area contributed by atoms with E-state index in [2.05, 4.69) is 35.0 Å². The van der Waals surface area contributed by atoms with Crippen molar-refractivity contribution in [3.05, 3.63) is 35.9 Å². The number of aliphatic carboxylic acids is 1. The van der Waals surface area contributed by atoms with Crippen LogP contribution in [-0.2, 0) is 25.5 Å². The molecule has 1 aromatic carbocycles. The Morgan fingerprint density at radius 3 is 1.95 bits per heavy atom. The van der Waals surface area contributed by atoms with Gasteiger partial charge in [0.15, 0.2) is 0 Å². The van der Waals surface area contributed by atoms with E-state index in [1.54, 1.807) is 41.5 Å². The first kappa shape index (κ1) is 36.6. The van der Waals surface area contributed by atoms with Gasteiger partial charge in [0.05, 0.1) is 17.5 Å². The number of benzene rings is 1. The summed E-state index contributed by atoms with van der Waals surface area (Å²) in [6.45, 7) is 13.8. The molecule has 0 radical (unpaired) electrons. The molecule has 11 heteroatoms. The molecule has 246 valence electrons. The van der Waals surface area contributed by atoms with Crippen molar-refractivity contribution >= 4 is 30.0 Å². The molecular formula is C33H52N4O7. The van der Waals surface area contributed by atoms with Crippen molar-refractivity contribution in [2.45, 2.75) is 130 Å². The number of carbonyl (C=O) groups excluding carboxylic acids is 3. The minimum absolute atomic E-state index is 0.107. The van der Waals surface area contributed by atoms with E-state index in [-0.39, 0.29) is 30.6 Å². The number of ether oxygens (including phenoxy) is 2. The molecule has 11 nitrogen and oxygen atoms in total. The first-order valence-corrected chi connectivity index (χ1v) is 15.5. The zero-order chi connectivity index (χ0) is 33.1. The third-order valence-corrected chi connectivity index (χ3v) is 7.30. The summed E-state index contributed by atoms with van der Waals surface area (Å²) in [5.74, 6) is -2.02. The van der Waals surface area contributed by atoms with Gasteiger partial charge in [0, 0.05) is 6.92 Å². The van der Waals surface area contributed by atoms with Gasteiger partial charge in [0.1, 0.15) is 11.2 Å². The van der Waals surface area contributed by atoms with Crippen LogP contribution < -0.4 is 16.0 Å². The minimum Gasteiger partial charge on any atom is -0.481 e. The molecule has 1 aliphatic carbocycles. The van der Waals surface area contributed by atoms with Crippen molar-refractivity contribution in [1.29, 1.82) is 0 Å². The number of amides is 3. The summed E-state index contributed by atoms with van der Waals surface area (Å²) in [4.78, 5) is 55.0. The monoisotopic (exact) mass is 616 g/mol. The molecule has 2 rings (SSSR count). The highest BCUT2D eigenvalue weighted by Crippen LogP contribution is 2.46. The number of carbonyl (C=O) groups is 4. The van der Waals surface area contributed by atoms with E-state index in [4.69, 9.17) is 14.5 Å². The zero-order valence-electron chi connectivity index (χ0n) is 27.6. The highest BCUT2D eigenvalue weighted by molar-refractivity contribution is 6.01. The van der Waals surface area contributed by atoms with E-state index in [1.807, 2.05) is 18.2 Å². The maximum Gasteiger partial charge on any atom is 0.414 e. The van der Waals surface area contributed by atoms with Gasteiger partial charge in [-0.3, -0.25) is 20.2 Å². The second kappa shape index (κ2) is 15.9. The smallest absolute Gasteiger partial charge is 0.414 e. The normalized spacial score (nSPS) is 19.4.